The molecule has 7 heteroatoms. The van der Waals surface area contributed by atoms with E-state index in [-0.39, 0.29) is 0 Å². The lowest BCUT2D eigenvalue weighted by atomic mass is 10.2. The molecule has 16 heavy (non-hydrogen) atoms. The van der Waals surface area contributed by atoms with E-state index in [4.69, 9.17) is 17.1 Å². The number of hydrogen-bond acceptors (Lipinski definition) is 4. The third kappa shape index (κ3) is 3.00. The van der Waals surface area contributed by atoms with Gasteiger partial charge in [-0.15, -0.1) is 0 Å². The first-order valence-electron chi connectivity index (χ1n) is 4.00. The number of carbonyl (C=O) groups is 1. The molecular formula is C9H5BrClN3O2. The van der Waals surface area contributed by atoms with Crippen LogP contribution in [0.4, 0.5) is 0 Å². The maximum absolute atomic E-state index is 10.6. The maximum atomic E-state index is 10.6. The summed E-state index contributed by atoms with van der Waals surface area (Å²) in [7, 11) is 0. The van der Waals surface area contributed by atoms with E-state index in [1.54, 1.807) is 18.2 Å². The van der Waals surface area contributed by atoms with Crippen molar-refractivity contribution in [2.75, 3.05) is 0 Å². The second-order valence-corrected chi connectivity index (χ2v) is 3.89. The largest absolute Gasteiger partial charge is 0.543 e. The average Bonchev–Trinajstić information content (AvgIpc) is 2.23. The van der Waals surface area contributed by atoms with Crippen LogP contribution in [0.2, 0.25) is 5.02 Å². The Hall–Kier alpha value is -1.49. The molecule has 1 N–H and O–H groups in total. The molecule has 0 aromatic heterocycles. The molecule has 1 aromatic rings. The highest BCUT2D eigenvalue weighted by Crippen LogP contribution is 2.27. The predicted octanol–water partition coefficient (Wildman–Crippen LogP) is 1.74. The third-order valence-corrected chi connectivity index (χ3v) is 2.95. The molecule has 82 valence electrons. The molecule has 1 rings (SSSR count). The Morgan fingerprint density at radius 2 is 2.31 bits per heavy atom. The summed E-state index contributed by atoms with van der Waals surface area (Å²) in [5, 5.41) is 14.1. The van der Waals surface area contributed by atoms with Gasteiger partial charge < -0.3 is 9.90 Å². The Kier molecular flexibility index (Phi) is 4.37. The number of carboxylic acid groups (broad SMARTS) is 1. The summed E-state index contributed by atoms with van der Waals surface area (Å²) in [4.78, 5) is 13.3. The minimum absolute atomic E-state index is 0.349. The molecule has 0 atom stereocenters. The molecule has 0 unspecified atom stereocenters. The van der Waals surface area contributed by atoms with Gasteiger partial charge in [-0.05, 0) is 33.6 Å². The summed E-state index contributed by atoms with van der Waals surface area (Å²) in [6, 6.07) is 5.01. The summed E-state index contributed by atoms with van der Waals surface area (Å²) < 4.78 is 0.628. The molecule has 0 saturated heterocycles. The van der Waals surface area contributed by atoms with Gasteiger partial charge in [-0.3, -0.25) is 0 Å². The first kappa shape index (κ1) is 12.6. The Morgan fingerprint density at radius 1 is 1.62 bits per heavy atom. The van der Waals surface area contributed by atoms with Crippen LogP contribution >= 0.6 is 27.5 Å². The summed E-state index contributed by atoms with van der Waals surface area (Å²) in [6.07, 6.45) is 1.18. The smallest absolute Gasteiger partial charge is 0.220 e. The summed E-state index contributed by atoms with van der Waals surface area (Å²) >= 11 is 9.11. The quantitative estimate of drug-likeness (QED) is 0.523. The van der Waals surface area contributed by atoms with E-state index in [1.165, 1.54) is 6.08 Å². The van der Waals surface area contributed by atoms with Gasteiger partial charge in [-0.25, -0.2) is 0 Å². The van der Waals surface area contributed by atoms with Gasteiger partial charge in [0.1, 0.15) is 5.53 Å². The van der Waals surface area contributed by atoms with Crippen LogP contribution in [-0.4, -0.2) is 5.97 Å². The van der Waals surface area contributed by atoms with Crippen LogP contribution in [0.3, 0.4) is 0 Å². The van der Waals surface area contributed by atoms with Crippen LogP contribution in [0.5, 0.6) is 0 Å². The van der Waals surface area contributed by atoms with Crippen LogP contribution in [0.15, 0.2) is 33.5 Å². The number of carbonyl (C=O) groups excluding carboxylic acids is 1. The lowest BCUT2D eigenvalue weighted by Crippen LogP contribution is -2.23. The molecule has 0 saturated carbocycles. The zero-order chi connectivity index (χ0) is 12.1. The van der Waals surface area contributed by atoms with E-state index >= 15 is 0 Å². The number of aliphatic carboxylic acids is 1. The minimum atomic E-state index is -1.52. The van der Waals surface area contributed by atoms with Crippen molar-refractivity contribution >= 4 is 39.6 Å². The van der Waals surface area contributed by atoms with E-state index in [0.29, 0.717) is 15.1 Å². The van der Waals surface area contributed by atoms with Crippen molar-refractivity contribution in [2.45, 2.75) is 0 Å². The van der Waals surface area contributed by atoms with Gasteiger partial charge in [0.2, 0.25) is 4.91 Å². The number of rotatable bonds is 3. The number of halogens is 2. The van der Waals surface area contributed by atoms with E-state index in [0.717, 1.165) is 0 Å². The van der Waals surface area contributed by atoms with E-state index in [9.17, 15) is 9.90 Å². The SMILES string of the molecule is N=[N+]=N/C(=C\c1cccc(Br)c1Cl)C(=O)[O-]. The first-order valence-corrected chi connectivity index (χ1v) is 5.18. The molecule has 0 heterocycles. The van der Waals surface area contributed by atoms with Crippen LogP contribution in [0.1, 0.15) is 5.56 Å². The highest BCUT2D eigenvalue weighted by molar-refractivity contribution is 9.10. The fraction of sp³-hybridized carbons (Fsp3) is 0. The lowest BCUT2D eigenvalue weighted by molar-refractivity contribution is -0.299. The topological polar surface area (TPSA) is 90.4 Å². The zero-order valence-electron chi connectivity index (χ0n) is 7.78. The summed E-state index contributed by atoms with van der Waals surface area (Å²) in [5.41, 5.74) is 6.46. The fourth-order valence-corrected chi connectivity index (χ4v) is 1.52. The van der Waals surface area contributed by atoms with Gasteiger partial charge >= 0.3 is 0 Å². The van der Waals surface area contributed by atoms with Gasteiger partial charge in [0.05, 0.1) is 11.0 Å². The highest BCUT2D eigenvalue weighted by Gasteiger charge is 2.07. The van der Waals surface area contributed by atoms with Crippen molar-refractivity contribution in [1.82, 2.24) is 4.91 Å². The van der Waals surface area contributed by atoms with Gasteiger partial charge in [0.15, 0.2) is 10.8 Å². The number of nitrogens with zero attached hydrogens (tertiary/aromatic N) is 2. The fourth-order valence-electron chi connectivity index (χ4n) is 0.962. The standard InChI is InChI=1S/C9H5BrClN3O2/c10-6-3-1-2-5(8(6)11)4-7(9(15)16)13-14-12/h1-4,12H/b7-4-. The summed E-state index contributed by atoms with van der Waals surface area (Å²) in [5.74, 6) is -1.52. The minimum Gasteiger partial charge on any atom is -0.543 e. The molecule has 5 nitrogen and oxygen atoms in total. The molecule has 0 spiro atoms. The molecule has 0 aliphatic rings. The normalized spacial score (nSPS) is 10.8. The molecule has 0 radical (unpaired) electrons. The monoisotopic (exact) mass is 301 g/mol. The van der Waals surface area contributed by atoms with Crippen molar-refractivity contribution in [2.24, 2.45) is 5.11 Å². The summed E-state index contributed by atoms with van der Waals surface area (Å²) in [6.45, 7) is 0. The second kappa shape index (κ2) is 5.55. The van der Waals surface area contributed by atoms with Crippen LogP contribution in [0.25, 0.3) is 6.08 Å². The molecule has 0 aliphatic carbocycles. The first-order chi connectivity index (χ1) is 7.56. The Bertz CT molecular complexity index is 505. The Labute approximate surface area is 104 Å². The second-order valence-electron chi connectivity index (χ2n) is 2.66. The average molecular weight is 303 g/mol. The molecule has 0 amide bonds. The van der Waals surface area contributed by atoms with Gasteiger partial charge in [-0.2, -0.15) is 0 Å². The molecule has 0 fully saturated rings. The van der Waals surface area contributed by atoms with Crippen LogP contribution in [0, 0.1) is 5.53 Å². The highest BCUT2D eigenvalue weighted by atomic mass is 79.9. The zero-order valence-corrected chi connectivity index (χ0v) is 10.1. The third-order valence-electron chi connectivity index (χ3n) is 1.64. The van der Waals surface area contributed by atoms with E-state index in [2.05, 4.69) is 26.0 Å². The van der Waals surface area contributed by atoms with Crippen molar-refractivity contribution in [3.05, 3.63) is 39.0 Å². The molecular weight excluding hydrogens is 297 g/mol. The number of carboxylic acids is 1. The van der Waals surface area contributed by atoms with Crippen molar-refractivity contribution in [3.8, 4) is 0 Å². The Morgan fingerprint density at radius 3 is 2.88 bits per heavy atom. The predicted molar refractivity (Wildman–Crippen MR) is 59.4 cm³/mol. The molecule has 1 aromatic carbocycles. The molecule has 0 aliphatic heterocycles. The maximum Gasteiger partial charge on any atom is 0.220 e. The van der Waals surface area contributed by atoms with Crippen LogP contribution < -0.4 is 10.0 Å². The van der Waals surface area contributed by atoms with Gasteiger partial charge in [-0.1, -0.05) is 23.7 Å². The Balaban J connectivity index is 3.28. The van der Waals surface area contributed by atoms with Crippen molar-refractivity contribution in [3.63, 3.8) is 0 Å². The molecule has 0 bridgehead atoms. The number of nitrogens with one attached hydrogen (secondary N) is 1. The van der Waals surface area contributed by atoms with Gasteiger partial charge in [0.25, 0.3) is 0 Å². The van der Waals surface area contributed by atoms with E-state index < -0.39 is 11.7 Å². The number of hydrogen-bond donors (Lipinski definition) is 1. The van der Waals surface area contributed by atoms with Gasteiger partial charge in [0, 0.05) is 4.47 Å². The van der Waals surface area contributed by atoms with Crippen molar-refractivity contribution < 1.29 is 9.90 Å². The van der Waals surface area contributed by atoms with Crippen molar-refractivity contribution in [1.29, 1.82) is 5.53 Å². The lowest BCUT2D eigenvalue weighted by Gasteiger charge is -2.01. The van der Waals surface area contributed by atoms with Crippen LogP contribution in [-0.2, 0) is 4.79 Å². The number of benzene rings is 1. The van der Waals surface area contributed by atoms with E-state index in [1.807, 2.05) is 0 Å².